The van der Waals surface area contributed by atoms with Gasteiger partial charge in [-0.1, -0.05) is 30.3 Å². The van der Waals surface area contributed by atoms with Gasteiger partial charge in [-0.05, 0) is 34.2 Å². The van der Waals surface area contributed by atoms with Gasteiger partial charge in [0.15, 0.2) is 5.65 Å². The molecular weight excluding hydrogens is 406 g/mol. The summed E-state index contributed by atoms with van der Waals surface area (Å²) in [7, 11) is -3.61. The summed E-state index contributed by atoms with van der Waals surface area (Å²) in [5, 5.41) is 0.493. The van der Waals surface area contributed by atoms with Crippen molar-refractivity contribution in [2.45, 2.75) is 5.75 Å². The SMILES string of the molecule is O=S(=O)(Cc1ccccc1)n1cc(I)c2cc(F)cnc21. The third-order valence-corrected chi connectivity index (χ3v) is 5.46. The molecule has 0 saturated carbocycles. The number of aromatic nitrogens is 2. The van der Waals surface area contributed by atoms with Crippen molar-refractivity contribution >= 4 is 43.6 Å². The van der Waals surface area contributed by atoms with Crippen molar-refractivity contribution in [2.75, 3.05) is 0 Å². The van der Waals surface area contributed by atoms with Gasteiger partial charge in [-0.25, -0.2) is 21.8 Å². The number of hydrogen-bond donors (Lipinski definition) is 0. The molecule has 0 bridgehead atoms. The lowest BCUT2D eigenvalue weighted by Gasteiger charge is -2.06. The number of halogens is 2. The highest BCUT2D eigenvalue weighted by atomic mass is 127. The summed E-state index contributed by atoms with van der Waals surface area (Å²) in [6, 6.07) is 10.2. The fraction of sp³-hybridized carbons (Fsp3) is 0.0714. The van der Waals surface area contributed by atoms with Crippen LogP contribution in [-0.4, -0.2) is 17.4 Å². The summed E-state index contributed by atoms with van der Waals surface area (Å²) in [5.74, 6) is -0.620. The first-order chi connectivity index (χ1) is 9.97. The van der Waals surface area contributed by atoms with E-state index in [1.165, 1.54) is 12.3 Å². The van der Waals surface area contributed by atoms with Crippen LogP contribution in [-0.2, 0) is 15.8 Å². The van der Waals surface area contributed by atoms with Gasteiger partial charge in [0.05, 0.1) is 11.9 Å². The highest BCUT2D eigenvalue weighted by Crippen LogP contribution is 2.24. The second kappa shape index (κ2) is 5.38. The lowest BCUT2D eigenvalue weighted by molar-refractivity contribution is 0.587. The van der Waals surface area contributed by atoms with E-state index in [0.29, 0.717) is 14.5 Å². The number of hydrogen-bond acceptors (Lipinski definition) is 3. The summed E-state index contributed by atoms with van der Waals surface area (Å²) in [6.07, 6.45) is 2.49. The van der Waals surface area contributed by atoms with Gasteiger partial charge in [-0.2, -0.15) is 0 Å². The Hall–Kier alpha value is -1.48. The molecule has 0 spiro atoms. The monoisotopic (exact) mass is 416 g/mol. The number of rotatable bonds is 3. The van der Waals surface area contributed by atoms with E-state index < -0.39 is 15.8 Å². The number of nitrogens with zero attached hydrogens (tertiary/aromatic N) is 2. The third kappa shape index (κ3) is 2.80. The summed E-state index contributed by atoms with van der Waals surface area (Å²) >= 11 is 1.97. The van der Waals surface area contributed by atoms with Gasteiger partial charge < -0.3 is 0 Å². The molecule has 0 fully saturated rings. The zero-order valence-corrected chi connectivity index (χ0v) is 13.7. The predicted octanol–water partition coefficient (Wildman–Crippen LogP) is 3.16. The molecule has 0 amide bonds. The molecule has 3 aromatic rings. The van der Waals surface area contributed by atoms with Crippen molar-refractivity contribution in [3.63, 3.8) is 0 Å². The smallest absolute Gasteiger partial charge is 0.234 e. The predicted molar refractivity (Wildman–Crippen MR) is 86.9 cm³/mol. The highest BCUT2D eigenvalue weighted by molar-refractivity contribution is 14.1. The summed E-state index contributed by atoms with van der Waals surface area (Å²) in [6.45, 7) is 0. The van der Waals surface area contributed by atoms with Crippen LogP contribution in [0, 0.1) is 9.39 Å². The maximum absolute atomic E-state index is 13.2. The second-order valence-electron chi connectivity index (χ2n) is 4.54. The van der Waals surface area contributed by atoms with E-state index in [2.05, 4.69) is 4.98 Å². The maximum atomic E-state index is 13.2. The lowest BCUT2D eigenvalue weighted by atomic mass is 10.2. The Kier molecular flexibility index (Phi) is 3.70. The fourth-order valence-electron chi connectivity index (χ4n) is 2.08. The van der Waals surface area contributed by atoms with E-state index in [-0.39, 0.29) is 11.4 Å². The van der Waals surface area contributed by atoms with Crippen LogP contribution in [0.4, 0.5) is 4.39 Å². The molecule has 0 radical (unpaired) electrons. The molecule has 2 heterocycles. The number of benzene rings is 1. The van der Waals surface area contributed by atoms with Crippen molar-refractivity contribution in [3.8, 4) is 0 Å². The van der Waals surface area contributed by atoms with Crippen LogP contribution in [0.15, 0.2) is 48.8 Å². The molecule has 2 aromatic heterocycles. The van der Waals surface area contributed by atoms with E-state index in [4.69, 9.17) is 0 Å². The van der Waals surface area contributed by atoms with Crippen LogP contribution in [0.2, 0.25) is 0 Å². The summed E-state index contributed by atoms with van der Waals surface area (Å²) in [4.78, 5) is 3.91. The molecule has 0 aliphatic rings. The van der Waals surface area contributed by atoms with E-state index in [1.807, 2.05) is 28.7 Å². The first kappa shape index (κ1) is 14.5. The van der Waals surface area contributed by atoms with E-state index in [1.54, 1.807) is 24.3 Å². The average Bonchev–Trinajstić information content (AvgIpc) is 2.77. The highest BCUT2D eigenvalue weighted by Gasteiger charge is 2.20. The maximum Gasteiger partial charge on any atom is 0.244 e. The van der Waals surface area contributed by atoms with Crippen molar-refractivity contribution in [1.82, 2.24) is 8.96 Å². The number of fused-ring (bicyclic) bond motifs is 1. The van der Waals surface area contributed by atoms with Crippen LogP contribution in [0.1, 0.15) is 5.56 Å². The molecule has 7 heteroatoms. The Morgan fingerprint density at radius 3 is 2.67 bits per heavy atom. The second-order valence-corrected chi connectivity index (χ2v) is 7.55. The molecule has 0 saturated heterocycles. The molecule has 4 nitrogen and oxygen atoms in total. The molecule has 1 aromatic carbocycles. The Morgan fingerprint density at radius 1 is 1.24 bits per heavy atom. The van der Waals surface area contributed by atoms with Crippen molar-refractivity contribution in [2.24, 2.45) is 0 Å². The van der Waals surface area contributed by atoms with Crippen LogP contribution >= 0.6 is 22.6 Å². The summed E-state index contributed by atoms with van der Waals surface area (Å²) in [5.41, 5.74) is 0.938. The molecule has 0 unspecified atom stereocenters. The quantitative estimate of drug-likeness (QED) is 0.617. The van der Waals surface area contributed by atoms with Gasteiger partial charge in [0.2, 0.25) is 10.0 Å². The first-order valence-electron chi connectivity index (χ1n) is 6.07. The van der Waals surface area contributed by atoms with Gasteiger partial charge in [0, 0.05) is 15.2 Å². The fourth-order valence-corrected chi connectivity index (χ4v) is 4.38. The van der Waals surface area contributed by atoms with Crippen LogP contribution < -0.4 is 0 Å². The lowest BCUT2D eigenvalue weighted by Crippen LogP contribution is -2.14. The molecule has 108 valence electrons. The summed E-state index contributed by atoms with van der Waals surface area (Å²) < 4.78 is 40.1. The van der Waals surface area contributed by atoms with E-state index >= 15 is 0 Å². The zero-order valence-electron chi connectivity index (χ0n) is 10.7. The Labute approximate surface area is 134 Å². The van der Waals surface area contributed by atoms with Crippen molar-refractivity contribution in [1.29, 1.82) is 0 Å². The van der Waals surface area contributed by atoms with E-state index in [0.717, 1.165) is 10.2 Å². The molecule has 3 rings (SSSR count). The largest absolute Gasteiger partial charge is 0.244 e. The van der Waals surface area contributed by atoms with E-state index in [9.17, 15) is 12.8 Å². The zero-order chi connectivity index (χ0) is 15.0. The van der Waals surface area contributed by atoms with Crippen LogP contribution in [0.25, 0.3) is 11.0 Å². The Morgan fingerprint density at radius 2 is 1.95 bits per heavy atom. The van der Waals surface area contributed by atoms with Gasteiger partial charge in [0.25, 0.3) is 0 Å². The molecule has 0 atom stereocenters. The van der Waals surface area contributed by atoms with Crippen molar-refractivity contribution in [3.05, 3.63) is 63.7 Å². The van der Waals surface area contributed by atoms with Gasteiger partial charge in [-0.3, -0.25) is 0 Å². The normalized spacial score (nSPS) is 11.9. The molecular formula is C14H10FIN2O2S. The van der Waals surface area contributed by atoms with Gasteiger partial charge in [-0.15, -0.1) is 0 Å². The van der Waals surface area contributed by atoms with Crippen molar-refractivity contribution < 1.29 is 12.8 Å². The van der Waals surface area contributed by atoms with Crippen LogP contribution in [0.5, 0.6) is 0 Å². The molecule has 21 heavy (non-hydrogen) atoms. The minimum atomic E-state index is -3.61. The Balaban J connectivity index is 2.11. The molecule has 0 aliphatic heterocycles. The van der Waals surface area contributed by atoms with Gasteiger partial charge >= 0.3 is 0 Å². The minimum absolute atomic E-state index is 0.132. The molecule has 0 N–H and O–H groups in total. The minimum Gasteiger partial charge on any atom is -0.234 e. The standard InChI is InChI=1S/C14H10FIN2O2S/c15-11-6-12-13(16)8-18(14(12)17-7-11)21(19,20)9-10-4-2-1-3-5-10/h1-8H,9H2. The Bertz CT molecular complexity index is 907. The first-order valence-corrected chi connectivity index (χ1v) is 8.75. The van der Waals surface area contributed by atoms with Crippen LogP contribution in [0.3, 0.4) is 0 Å². The van der Waals surface area contributed by atoms with Gasteiger partial charge in [0.1, 0.15) is 5.82 Å². The molecule has 0 aliphatic carbocycles. The number of pyridine rings is 1. The average molecular weight is 416 g/mol. The topological polar surface area (TPSA) is 52.0 Å². The third-order valence-electron chi connectivity index (χ3n) is 3.02.